The second kappa shape index (κ2) is 8.13. The van der Waals surface area contributed by atoms with Crippen molar-refractivity contribution in [2.75, 3.05) is 31.3 Å². The molecule has 0 spiro atoms. The number of aromatic nitrogens is 3. The van der Waals surface area contributed by atoms with Gasteiger partial charge in [-0.1, -0.05) is 11.8 Å². The summed E-state index contributed by atoms with van der Waals surface area (Å²) in [5.74, 6) is 5.32. The number of esters is 1. The van der Waals surface area contributed by atoms with Crippen LogP contribution in [0.25, 0.3) is 0 Å². The maximum absolute atomic E-state index is 12.2. The third-order valence-corrected chi connectivity index (χ3v) is 4.74. The first-order chi connectivity index (χ1) is 11.4. The van der Waals surface area contributed by atoms with Crippen LogP contribution in [0.1, 0.15) is 25.5 Å². The van der Waals surface area contributed by atoms with Gasteiger partial charge in [0.25, 0.3) is 5.56 Å². The fourth-order valence-electron chi connectivity index (χ4n) is 2.41. The Morgan fingerprint density at radius 2 is 2.00 bits per heavy atom. The Morgan fingerprint density at radius 3 is 2.62 bits per heavy atom. The summed E-state index contributed by atoms with van der Waals surface area (Å²) in [6.45, 7) is 4.69. The van der Waals surface area contributed by atoms with Crippen LogP contribution in [0.15, 0.2) is 9.95 Å². The van der Waals surface area contributed by atoms with Gasteiger partial charge in [-0.2, -0.15) is 4.68 Å². The standard InChI is InChI=1S/C14H21N5O4S/c1-3-23-13(22)10-4-6-18(7-5-10)11(20)8-24-14-17-16-9(2)12(21)19(14)15/h10H,3-8,15H2,1-2H3. The molecule has 1 amide bonds. The van der Waals surface area contributed by atoms with E-state index in [0.29, 0.717) is 32.5 Å². The predicted molar refractivity (Wildman–Crippen MR) is 87.8 cm³/mol. The molecule has 1 fully saturated rings. The van der Waals surface area contributed by atoms with Crippen molar-refractivity contribution in [3.05, 3.63) is 16.0 Å². The van der Waals surface area contributed by atoms with Crippen molar-refractivity contribution in [2.24, 2.45) is 5.92 Å². The first kappa shape index (κ1) is 18.2. The van der Waals surface area contributed by atoms with Gasteiger partial charge in [-0.25, -0.2) is 0 Å². The lowest BCUT2D eigenvalue weighted by Crippen LogP contribution is -2.41. The highest BCUT2D eigenvalue weighted by Gasteiger charge is 2.28. The quantitative estimate of drug-likeness (QED) is 0.428. The van der Waals surface area contributed by atoms with E-state index in [9.17, 15) is 14.4 Å². The van der Waals surface area contributed by atoms with Gasteiger partial charge in [0.05, 0.1) is 18.3 Å². The van der Waals surface area contributed by atoms with Gasteiger partial charge < -0.3 is 15.5 Å². The Bertz CT molecular complexity index is 670. The van der Waals surface area contributed by atoms with Crippen LogP contribution in [-0.2, 0) is 14.3 Å². The van der Waals surface area contributed by atoms with Crippen molar-refractivity contribution in [3.63, 3.8) is 0 Å². The fourth-order valence-corrected chi connectivity index (χ4v) is 3.17. The van der Waals surface area contributed by atoms with E-state index in [1.165, 1.54) is 6.92 Å². The molecule has 10 heteroatoms. The Labute approximate surface area is 143 Å². The maximum atomic E-state index is 12.2. The Morgan fingerprint density at radius 1 is 1.33 bits per heavy atom. The average Bonchev–Trinajstić information content (AvgIpc) is 2.59. The number of thioether (sulfide) groups is 1. The monoisotopic (exact) mass is 355 g/mol. The molecule has 24 heavy (non-hydrogen) atoms. The van der Waals surface area contributed by atoms with Gasteiger partial charge >= 0.3 is 5.97 Å². The molecule has 1 saturated heterocycles. The van der Waals surface area contributed by atoms with E-state index >= 15 is 0 Å². The number of aryl methyl sites for hydroxylation is 1. The molecule has 0 atom stereocenters. The zero-order valence-corrected chi connectivity index (χ0v) is 14.5. The van der Waals surface area contributed by atoms with Crippen LogP contribution in [-0.4, -0.2) is 57.1 Å². The Balaban J connectivity index is 1.85. The number of nitrogens with zero attached hydrogens (tertiary/aromatic N) is 4. The summed E-state index contributed by atoms with van der Waals surface area (Å²) >= 11 is 1.07. The van der Waals surface area contributed by atoms with Crippen molar-refractivity contribution < 1.29 is 14.3 Å². The SMILES string of the molecule is CCOC(=O)C1CCN(C(=O)CSc2nnc(C)c(=O)n2N)CC1. The predicted octanol–water partition coefficient (Wildman–Crippen LogP) is -0.446. The van der Waals surface area contributed by atoms with Crippen LogP contribution < -0.4 is 11.4 Å². The molecule has 1 aromatic rings. The number of piperidine rings is 1. The minimum absolute atomic E-state index is 0.0860. The lowest BCUT2D eigenvalue weighted by atomic mass is 9.97. The highest BCUT2D eigenvalue weighted by Crippen LogP contribution is 2.20. The summed E-state index contributed by atoms with van der Waals surface area (Å²) < 4.78 is 5.90. The highest BCUT2D eigenvalue weighted by atomic mass is 32.2. The number of nitrogen functional groups attached to an aromatic ring is 1. The smallest absolute Gasteiger partial charge is 0.309 e. The fraction of sp³-hybridized carbons (Fsp3) is 0.643. The molecule has 1 aliphatic rings. The van der Waals surface area contributed by atoms with E-state index in [2.05, 4.69) is 10.2 Å². The summed E-state index contributed by atoms with van der Waals surface area (Å²) in [6.07, 6.45) is 1.20. The van der Waals surface area contributed by atoms with Crippen LogP contribution in [0.4, 0.5) is 0 Å². The molecule has 1 aliphatic heterocycles. The lowest BCUT2D eigenvalue weighted by Gasteiger charge is -2.30. The number of hydrogen-bond acceptors (Lipinski definition) is 8. The van der Waals surface area contributed by atoms with Crippen molar-refractivity contribution in [3.8, 4) is 0 Å². The molecule has 0 aliphatic carbocycles. The molecular weight excluding hydrogens is 334 g/mol. The first-order valence-electron chi connectivity index (χ1n) is 7.72. The third kappa shape index (κ3) is 4.25. The topological polar surface area (TPSA) is 120 Å². The number of ether oxygens (including phenoxy) is 1. The van der Waals surface area contributed by atoms with Crippen molar-refractivity contribution >= 4 is 23.6 Å². The van der Waals surface area contributed by atoms with Gasteiger partial charge in [-0.05, 0) is 26.7 Å². The number of carbonyl (C=O) groups excluding carboxylic acids is 2. The summed E-state index contributed by atoms with van der Waals surface area (Å²) in [5.41, 5.74) is -0.232. The molecule has 0 radical (unpaired) electrons. The van der Waals surface area contributed by atoms with Gasteiger partial charge in [0.15, 0.2) is 0 Å². The number of hydrogen-bond donors (Lipinski definition) is 1. The molecular formula is C14H21N5O4S. The normalized spacial score (nSPS) is 15.3. The largest absolute Gasteiger partial charge is 0.466 e. The zero-order valence-electron chi connectivity index (χ0n) is 13.7. The van der Waals surface area contributed by atoms with Gasteiger partial charge in [-0.15, -0.1) is 10.2 Å². The molecule has 1 aromatic heterocycles. The summed E-state index contributed by atoms with van der Waals surface area (Å²) in [4.78, 5) is 37.3. The average molecular weight is 355 g/mol. The lowest BCUT2D eigenvalue weighted by molar-refractivity contribution is -0.151. The van der Waals surface area contributed by atoms with Gasteiger partial charge in [-0.3, -0.25) is 14.4 Å². The number of carbonyl (C=O) groups is 2. The minimum Gasteiger partial charge on any atom is -0.466 e. The molecule has 9 nitrogen and oxygen atoms in total. The van der Waals surface area contributed by atoms with E-state index in [0.717, 1.165) is 16.4 Å². The second-order valence-electron chi connectivity index (χ2n) is 5.44. The van der Waals surface area contributed by atoms with E-state index in [-0.39, 0.29) is 34.4 Å². The second-order valence-corrected chi connectivity index (χ2v) is 6.38. The van der Waals surface area contributed by atoms with Crippen molar-refractivity contribution in [1.29, 1.82) is 0 Å². The van der Waals surface area contributed by atoms with Crippen molar-refractivity contribution in [2.45, 2.75) is 31.8 Å². The summed E-state index contributed by atoms with van der Waals surface area (Å²) in [7, 11) is 0. The van der Waals surface area contributed by atoms with Gasteiger partial charge in [0.1, 0.15) is 5.69 Å². The number of nitrogens with two attached hydrogens (primary N) is 1. The Kier molecular flexibility index (Phi) is 6.18. The number of rotatable bonds is 5. The molecule has 0 aromatic carbocycles. The molecule has 132 valence electrons. The summed E-state index contributed by atoms with van der Waals surface area (Å²) in [5, 5.41) is 7.74. The van der Waals surface area contributed by atoms with E-state index in [1.807, 2.05) is 0 Å². The van der Waals surface area contributed by atoms with E-state index in [1.54, 1.807) is 11.8 Å². The first-order valence-corrected chi connectivity index (χ1v) is 8.71. The minimum atomic E-state index is -0.435. The number of likely N-dealkylation sites (tertiary alicyclic amines) is 1. The van der Waals surface area contributed by atoms with Gasteiger partial charge in [0, 0.05) is 13.1 Å². The van der Waals surface area contributed by atoms with Gasteiger partial charge in [0.2, 0.25) is 11.1 Å². The van der Waals surface area contributed by atoms with Crippen molar-refractivity contribution in [1.82, 2.24) is 19.8 Å². The Hall–Kier alpha value is -2.10. The van der Waals surface area contributed by atoms with Crippen LogP contribution in [0.3, 0.4) is 0 Å². The molecule has 0 bridgehead atoms. The number of amides is 1. The van der Waals surface area contributed by atoms with Crippen LogP contribution >= 0.6 is 11.8 Å². The third-order valence-electron chi connectivity index (χ3n) is 3.81. The molecule has 0 saturated carbocycles. The maximum Gasteiger partial charge on any atom is 0.309 e. The van der Waals surface area contributed by atoms with E-state index < -0.39 is 5.56 Å². The molecule has 2 rings (SSSR count). The van der Waals surface area contributed by atoms with E-state index in [4.69, 9.17) is 10.6 Å². The summed E-state index contributed by atoms with van der Waals surface area (Å²) in [6, 6.07) is 0. The van der Waals surface area contributed by atoms with Crippen LogP contribution in [0.5, 0.6) is 0 Å². The van der Waals surface area contributed by atoms with Crippen LogP contribution in [0, 0.1) is 12.8 Å². The molecule has 2 heterocycles. The molecule has 2 N–H and O–H groups in total. The zero-order chi connectivity index (χ0) is 17.7. The molecule has 0 unspecified atom stereocenters. The van der Waals surface area contributed by atoms with Crippen LogP contribution in [0.2, 0.25) is 0 Å². The highest BCUT2D eigenvalue weighted by molar-refractivity contribution is 7.99.